The van der Waals surface area contributed by atoms with Crippen LogP contribution in [-0.2, 0) is 21.5 Å². The Morgan fingerprint density at radius 1 is 1.33 bits per heavy atom. The average molecular weight is 327 g/mol. The van der Waals surface area contributed by atoms with Gasteiger partial charge in [0.05, 0.1) is 10.4 Å². The summed E-state index contributed by atoms with van der Waals surface area (Å²) in [7, 11) is -4.86. The van der Waals surface area contributed by atoms with E-state index in [0.717, 1.165) is 6.04 Å². The van der Waals surface area contributed by atoms with Crippen LogP contribution in [0.15, 0.2) is 29.3 Å². The van der Waals surface area contributed by atoms with E-state index < -0.39 is 18.1 Å². The van der Waals surface area contributed by atoms with Crippen molar-refractivity contribution in [2.24, 2.45) is 5.14 Å². The molecule has 0 bridgehead atoms. The van der Waals surface area contributed by atoms with Gasteiger partial charge in [0.15, 0.2) is 0 Å². The normalized spacial score (nSPS) is 13.0. The van der Waals surface area contributed by atoms with Crippen molar-refractivity contribution in [3.8, 4) is 0 Å². The fourth-order valence-electron chi connectivity index (χ4n) is 1.92. The highest BCUT2D eigenvalue weighted by Crippen LogP contribution is 2.20. The van der Waals surface area contributed by atoms with Gasteiger partial charge in [-0.1, -0.05) is 25.7 Å². The van der Waals surface area contributed by atoms with Gasteiger partial charge in [-0.05, 0) is 18.2 Å². The Morgan fingerprint density at radius 3 is 2.67 bits per heavy atom. The maximum atomic E-state index is 11.5. The van der Waals surface area contributed by atoms with Crippen LogP contribution in [0.5, 0.6) is 0 Å². The summed E-state index contributed by atoms with van der Waals surface area (Å²) in [6.07, 6.45) is 1.66. The summed E-state index contributed by atoms with van der Waals surface area (Å²) in [6.45, 7) is 7.86. The largest absolute Gasteiger partial charge is 0.360 e. The Labute approximate surface area is 126 Å². The number of benzene rings is 1. The minimum Gasteiger partial charge on any atom is -0.360 e. The molecule has 21 heavy (non-hydrogen) atoms. The van der Waals surface area contributed by atoms with E-state index in [-0.39, 0.29) is 4.90 Å². The average Bonchev–Trinajstić information content (AvgIpc) is 2.74. The molecule has 1 heterocycles. The Kier molecular flexibility index (Phi) is 4.52. The van der Waals surface area contributed by atoms with Gasteiger partial charge in [-0.2, -0.15) is 5.10 Å². The quantitative estimate of drug-likeness (QED) is 0.649. The first kappa shape index (κ1) is 16.2. The summed E-state index contributed by atoms with van der Waals surface area (Å²) in [6, 6.07) is 5.94. The van der Waals surface area contributed by atoms with Gasteiger partial charge in [-0.15, -0.1) is 0 Å². The molecule has 8 heteroatoms. The first-order valence-corrected chi connectivity index (χ1v) is 12.0. The van der Waals surface area contributed by atoms with E-state index in [0.29, 0.717) is 24.2 Å². The zero-order valence-electron chi connectivity index (χ0n) is 12.5. The zero-order valence-corrected chi connectivity index (χ0v) is 14.4. The monoisotopic (exact) mass is 327 g/mol. The van der Waals surface area contributed by atoms with Crippen molar-refractivity contribution in [1.82, 2.24) is 9.78 Å². The lowest BCUT2D eigenvalue weighted by Gasteiger charge is -2.15. The Hall–Kier alpha value is -1.22. The molecular formula is C13H21N3O3SSi. The summed E-state index contributed by atoms with van der Waals surface area (Å²) in [5.41, 5.74) is 0.593. The van der Waals surface area contributed by atoms with Gasteiger partial charge < -0.3 is 4.74 Å². The molecule has 0 fully saturated rings. The molecule has 2 N–H and O–H groups in total. The first-order chi connectivity index (χ1) is 9.67. The summed E-state index contributed by atoms with van der Waals surface area (Å²) < 4.78 is 30.3. The molecule has 2 aromatic rings. The molecule has 2 rings (SSSR count). The fraction of sp³-hybridized carbons (Fsp3) is 0.462. The van der Waals surface area contributed by atoms with Gasteiger partial charge in [-0.3, -0.25) is 0 Å². The topological polar surface area (TPSA) is 87.2 Å². The third-order valence-corrected chi connectivity index (χ3v) is 5.76. The van der Waals surface area contributed by atoms with E-state index in [1.54, 1.807) is 23.0 Å². The number of hydrogen-bond acceptors (Lipinski definition) is 4. The first-order valence-electron chi connectivity index (χ1n) is 6.73. The predicted octanol–water partition coefficient (Wildman–Crippen LogP) is 2.00. The molecule has 0 radical (unpaired) electrons. The maximum Gasteiger partial charge on any atom is 0.238 e. The maximum absolute atomic E-state index is 11.5. The number of hydrogen-bond donors (Lipinski definition) is 1. The molecule has 0 spiro atoms. The van der Waals surface area contributed by atoms with Crippen molar-refractivity contribution in [2.75, 3.05) is 6.61 Å². The Bertz CT molecular complexity index is 735. The number of aromatic nitrogens is 2. The van der Waals surface area contributed by atoms with Gasteiger partial charge in [0.1, 0.15) is 6.73 Å². The van der Waals surface area contributed by atoms with Gasteiger partial charge in [0, 0.05) is 26.3 Å². The number of primary sulfonamides is 1. The van der Waals surface area contributed by atoms with Crippen LogP contribution in [0, 0.1) is 0 Å². The molecule has 0 unspecified atom stereocenters. The lowest BCUT2D eigenvalue weighted by atomic mass is 10.3. The van der Waals surface area contributed by atoms with E-state index in [9.17, 15) is 8.42 Å². The highest BCUT2D eigenvalue weighted by molar-refractivity contribution is 7.89. The van der Waals surface area contributed by atoms with E-state index in [1.165, 1.54) is 6.07 Å². The number of sulfonamides is 1. The van der Waals surface area contributed by atoms with E-state index in [1.807, 2.05) is 0 Å². The fourth-order valence-corrected chi connectivity index (χ4v) is 3.41. The van der Waals surface area contributed by atoms with Crippen LogP contribution in [0.2, 0.25) is 25.7 Å². The van der Waals surface area contributed by atoms with E-state index >= 15 is 0 Å². The van der Waals surface area contributed by atoms with E-state index in [2.05, 4.69) is 24.7 Å². The smallest absolute Gasteiger partial charge is 0.238 e. The summed E-state index contributed by atoms with van der Waals surface area (Å²) in [4.78, 5) is 0.0911. The van der Waals surface area contributed by atoms with Crippen molar-refractivity contribution < 1.29 is 13.2 Å². The third-order valence-electron chi connectivity index (χ3n) is 3.08. The van der Waals surface area contributed by atoms with Gasteiger partial charge in [0.2, 0.25) is 10.0 Å². The molecule has 6 nitrogen and oxygen atoms in total. The van der Waals surface area contributed by atoms with Crippen molar-refractivity contribution in [3.05, 3.63) is 24.4 Å². The van der Waals surface area contributed by atoms with Crippen LogP contribution in [-0.4, -0.2) is 32.9 Å². The van der Waals surface area contributed by atoms with Gasteiger partial charge in [-0.25, -0.2) is 18.2 Å². The van der Waals surface area contributed by atoms with Crippen LogP contribution in [0.1, 0.15) is 0 Å². The predicted molar refractivity (Wildman–Crippen MR) is 85.2 cm³/mol. The molecule has 116 valence electrons. The van der Waals surface area contributed by atoms with Gasteiger partial charge in [0.25, 0.3) is 0 Å². The zero-order chi connectivity index (χ0) is 15.7. The lowest BCUT2D eigenvalue weighted by molar-refractivity contribution is 0.0791. The molecule has 0 saturated carbocycles. The van der Waals surface area contributed by atoms with Crippen LogP contribution in [0.3, 0.4) is 0 Å². The standard InChI is InChI=1S/C13H21N3O3SSi/c1-21(2,3)8-7-19-10-16-9-11-12(15-16)5-4-6-13(11)20(14,17)18/h4-6,9H,7-8,10H2,1-3H3,(H2,14,17,18). The number of fused-ring (bicyclic) bond motifs is 1. The molecule has 0 saturated heterocycles. The highest BCUT2D eigenvalue weighted by atomic mass is 32.2. The Balaban J connectivity index is 2.13. The number of nitrogens with zero attached hydrogens (tertiary/aromatic N) is 2. The van der Waals surface area contributed by atoms with Gasteiger partial charge >= 0.3 is 0 Å². The molecule has 0 aliphatic carbocycles. The van der Waals surface area contributed by atoms with Crippen LogP contribution >= 0.6 is 0 Å². The second-order valence-corrected chi connectivity index (χ2v) is 13.4. The van der Waals surface area contributed by atoms with Crippen LogP contribution < -0.4 is 5.14 Å². The van der Waals surface area contributed by atoms with E-state index in [4.69, 9.17) is 9.88 Å². The van der Waals surface area contributed by atoms with Crippen molar-refractivity contribution in [2.45, 2.75) is 37.3 Å². The second-order valence-electron chi connectivity index (χ2n) is 6.25. The second kappa shape index (κ2) is 5.88. The molecule has 0 aliphatic rings. The summed E-state index contributed by atoms with van der Waals surface area (Å²) in [5.74, 6) is 0. The van der Waals surface area contributed by atoms with Crippen LogP contribution in [0.4, 0.5) is 0 Å². The summed E-state index contributed by atoms with van der Waals surface area (Å²) in [5, 5.41) is 10.0. The third kappa shape index (κ3) is 4.37. The molecule has 0 atom stereocenters. The minimum atomic E-state index is -3.75. The molecule has 1 aromatic heterocycles. The van der Waals surface area contributed by atoms with Crippen molar-refractivity contribution >= 4 is 29.0 Å². The van der Waals surface area contributed by atoms with Crippen molar-refractivity contribution in [3.63, 3.8) is 0 Å². The number of ether oxygens (including phenoxy) is 1. The van der Waals surface area contributed by atoms with Crippen LogP contribution in [0.25, 0.3) is 10.9 Å². The number of nitrogens with two attached hydrogens (primary N) is 1. The summed E-state index contributed by atoms with van der Waals surface area (Å²) >= 11 is 0. The minimum absolute atomic E-state index is 0.0911. The van der Waals surface area contributed by atoms with Crippen molar-refractivity contribution in [1.29, 1.82) is 0 Å². The molecule has 0 aliphatic heterocycles. The lowest BCUT2D eigenvalue weighted by Crippen LogP contribution is -2.22. The molecule has 1 aromatic carbocycles. The molecule has 0 amide bonds. The highest BCUT2D eigenvalue weighted by Gasteiger charge is 2.15. The SMILES string of the molecule is C[Si](C)(C)CCOCn1cc2c(S(N)(=O)=O)cccc2n1. The number of rotatable bonds is 6. The Morgan fingerprint density at radius 2 is 2.05 bits per heavy atom. The molecular weight excluding hydrogens is 306 g/mol.